The Morgan fingerprint density at radius 2 is 0.950 bits per heavy atom. The third-order valence-corrected chi connectivity index (χ3v) is 6.37. The minimum absolute atomic E-state index is 0.538. The molecule has 0 aromatic rings. The van der Waals surface area contributed by atoms with Crippen molar-refractivity contribution in [3.63, 3.8) is 0 Å². The van der Waals surface area contributed by atoms with Crippen molar-refractivity contribution in [1.82, 2.24) is 9.80 Å². The summed E-state index contributed by atoms with van der Waals surface area (Å²) in [5.74, 6) is 0.538. The van der Waals surface area contributed by atoms with Gasteiger partial charge in [-0.3, -0.25) is 14.6 Å². The van der Waals surface area contributed by atoms with E-state index in [1.54, 1.807) is 0 Å². The molecule has 5 heteroatoms. The minimum Gasteiger partial charge on any atom is -0.314 e. The number of Topliss-reactive ketones (excluding diaryl/α,β-unsaturated/α-hetero) is 1. The molecule has 112 valence electrons. The van der Waals surface area contributed by atoms with E-state index in [1.165, 1.54) is 78.5 Å². The first-order valence-electron chi connectivity index (χ1n) is 8.34. The van der Waals surface area contributed by atoms with Crippen molar-refractivity contribution in [2.75, 3.05) is 91.6 Å². The van der Waals surface area contributed by atoms with Crippen molar-refractivity contribution in [2.45, 2.75) is 0 Å². The predicted molar refractivity (Wildman–Crippen MR) is 77.3 cm³/mol. The monoisotopic (exact) mass is 280 g/mol. The van der Waals surface area contributed by atoms with Gasteiger partial charge in [-0.15, -0.1) is 0 Å². The molecule has 0 N–H and O–H groups in total. The van der Waals surface area contributed by atoms with Crippen LogP contribution in [0.4, 0.5) is 0 Å². The summed E-state index contributed by atoms with van der Waals surface area (Å²) >= 11 is 0. The van der Waals surface area contributed by atoms with Crippen LogP contribution in [0.25, 0.3) is 0 Å². The van der Waals surface area contributed by atoms with Gasteiger partial charge in [0.05, 0.1) is 39.3 Å². The van der Waals surface area contributed by atoms with Gasteiger partial charge in [0, 0.05) is 39.3 Å². The van der Waals surface area contributed by atoms with Gasteiger partial charge in [0.2, 0.25) is 5.78 Å². The fraction of sp³-hybridized carbons (Fsp3) is 0.933. The van der Waals surface area contributed by atoms with Gasteiger partial charge in [-0.05, 0) is 0 Å². The molecule has 0 atom stereocenters. The smallest absolute Gasteiger partial charge is 0.240 e. The largest absolute Gasteiger partial charge is 0.314 e. The van der Waals surface area contributed by atoms with Gasteiger partial charge in [0.1, 0.15) is 13.1 Å². The lowest BCUT2D eigenvalue weighted by atomic mass is 10.1. The Balaban J connectivity index is 1.38. The van der Waals surface area contributed by atoms with E-state index in [0.29, 0.717) is 5.78 Å². The standard InChI is InChI=1S/C15H28N4O/c20-15(13-18-7-1-16(2-8-18)3-9-18)14-19-10-4-17(5-11-19)6-12-19/h1-14H2/q+2. The number of hydrogen-bond acceptors (Lipinski definition) is 3. The topological polar surface area (TPSA) is 23.6 Å². The van der Waals surface area contributed by atoms with E-state index in [1.807, 2.05) is 0 Å². The maximum atomic E-state index is 12.7. The van der Waals surface area contributed by atoms with Crippen LogP contribution in [0.15, 0.2) is 0 Å². The van der Waals surface area contributed by atoms with E-state index in [9.17, 15) is 4.79 Å². The fourth-order valence-corrected chi connectivity index (χ4v) is 4.74. The lowest BCUT2D eigenvalue weighted by Crippen LogP contribution is -2.71. The first kappa shape index (κ1) is 13.2. The number of nitrogens with zero attached hydrogens (tertiary/aromatic N) is 4. The molecule has 20 heavy (non-hydrogen) atoms. The van der Waals surface area contributed by atoms with Crippen molar-refractivity contribution >= 4 is 5.78 Å². The molecule has 6 saturated heterocycles. The summed E-state index contributed by atoms with van der Waals surface area (Å²) < 4.78 is 2.20. The molecule has 6 rings (SSSR count). The van der Waals surface area contributed by atoms with Gasteiger partial charge in [-0.2, -0.15) is 0 Å². The summed E-state index contributed by atoms with van der Waals surface area (Å²) in [5, 5.41) is 0. The number of hydrogen-bond donors (Lipinski definition) is 0. The van der Waals surface area contributed by atoms with Crippen molar-refractivity contribution < 1.29 is 13.8 Å². The molecule has 0 aromatic heterocycles. The molecule has 0 spiro atoms. The summed E-state index contributed by atoms with van der Waals surface area (Å²) in [6, 6.07) is 0. The summed E-state index contributed by atoms with van der Waals surface area (Å²) in [4.78, 5) is 17.8. The summed E-state index contributed by atoms with van der Waals surface area (Å²) in [5.41, 5.74) is 0. The van der Waals surface area contributed by atoms with Crippen molar-refractivity contribution in [3.05, 3.63) is 0 Å². The lowest BCUT2D eigenvalue weighted by molar-refractivity contribution is -0.944. The molecular weight excluding hydrogens is 252 g/mol. The molecular formula is C15H28N4O+2. The van der Waals surface area contributed by atoms with Crippen molar-refractivity contribution in [1.29, 1.82) is 0 Å². The molecule has 6 fully saturated rings. The Hall–Kier alpha value is -0.490. The Morgan fingerprint density at radius 3 is 1.25 bits per heavy atom. The van der Waals surface area contributed by atoms with E-state index in [2.05, 4.69) is 9.80 Å². The summed E-state index contributed by atoms with van der Waals surface area (Å²) in [6.45, 7) is 16.1. The number of ketones is 1. The Kier molecular flexibility index (Phi) is 3.14. The molecule has 0 aliphatic carbocycles. The molecule has 4 bridgehead atoms. The molecule has 6 aliphatic rings. The number of carbonyl (C=O) groups is 1. The van der Waals surface area contributed by atoms with Crippen molar-refractivity contribution in [3.8, 4) is 0 Å². The molecule has 6 aliphatic heterocycles. The van der Waals surface area contributed by atoms with Crippen LogP contribution in [0.2, 0.25) is 0 Å². The number of fused-ring (bicyclic) bond motifs is 6. The van der Waals surface area contributed by atoms with Gasteiger partial charge >= 0.3 is 0 Å². The van der Waals surface area contributed by atoms with Gasteiger partial charge < -0.3 is 8.97 Å². The molecule has 6 heterocycles. The lowest BCUT2D eigenvalue weighted by Gasteiger charge is -2.52. The minimum atomic E-state index is 0.538. The Morgan fingerprint density at radius 1 is 0.650 bits per heavy atom. The van der Waals surface area contributed by atoms with Crippen molar-refractivity contribution in [2.24, 2.45) is 0 Å². The quantitative estimate of drug-likeness (QED) is 0.608. The van der Waals surface area contributed by atoms with Crippen LogP contribution in [0, 0.1) is 0 Å². The van der Waals surface area contributed by atoms with Crippen LogP contribution in [0.1, 0.15) is 0 Å². The zero-order valence-corrected chi connectivity index (χ0v) is 12.6. The summed E-state index contributed by atoms with van der Waals surface area (Å²) in [6.07, 6.45) is 0. The highest BCUT2D eigenvalue weighted by Gasteiger charge is 2.44. The van der Waals surface area contributed by atoms with Crippen LogP contribution >= 0.6 is 0 Å². The third-order valence-electron chi connectivity index (χ3n) is 6.37. The first-order chi connectivity index (χ1) is 9.67. The number of piperazine rings is 6. The highest BCUT2D eigenvalue weighted by atomic mass is 16.1. The highest BCUT2D eigenvalue weighted by molar-refractivity contribution is 5.80. The van der Waals surface area contributed by atoms with Gasteiger partial charge in [0.15, 0.2) is 0 Å². The SMILES string of the molecule is O=C(C[N+]12CCN(CC1)CC2)C[N+]12CCN(CC1)CC2. The fourth-order valence-electron chi connectivity index (χ4n) is 4.74. The summed E-state index contributed by atoms with van der Waals surface area (Å²) in [7, 11) is 0. The first-order valence-corrected chi connectivity index (χ1v) is 8.34. The van der Waals surface area contributed by atoms with E-state index < -0.39 is 0 Å². The zero-order chi connectivity index (χ0) is 13.6. The Labute approximate surface area is 121 Å². The zero-order valence-electron chi connectivity index (χ0n) is 12.6. The van der Waals surface area contributed by atoms with Gasteiger partial charge in [-0.1, -0.05) is 0 Å². The molecule has 0 saturated carbocycles. The third kappa shape index (κ3) is 2.30. The normalized spacial score (nSPS) is 46.6. The second-order valence-electron chi connectivity index (χ2n) is 7.56. The number of quaternary nitrogens is 2. The maximum absolute atomic E-state index is 12.7. The number of carbonyl (C=O) groups excluding carboxylic acids is 1. The number of rotatable bonds is 4. The van der Waals surface area contributed by atoms with Crippen LogP contribution in [-0.4, -0.2) is 116 Å². The molecule has 0 unspecified atom stereocenters. The van der Waals surface area contributed by atoms with Crippen LogP contribution in [0.5, 0.6) is 0 Å². The second kappa shape index (κ2) is 4.77. The van der Waals surface area contributed by atoms with E-state index in [-0.39, 0.29) is 0 Å². The van der Waals surface area contributed by atoms with E-state index >= 15 is 0 Å². The molecule has 0 amide bonds. The average molecular weight is 280 g/mol. The molecule has 0 aromatic carbocycles. The second-order valence-corrected chi connectivity index (χ2v) is 7.56. The molecule has 5 nitrogen and oxygen atoms in total. The van der Waals surface area contributed by atoms with Crippen LogP contribution in [-0.2, 0) is 4.79 Å². The average Bonchev–Trinajstić information content (AvgIpc) is 2.49. The van der Waals surface area contributed by atoms with E-state index in [0.717, 1.165) is 22.1 Å². The highest BCUT2D eigenvalue weighted by Crippen LogP contribution is 2.22. The van der Waals surface area contributed by atoms with Gasteiger partial charge in [0.25, 0.3) is 0 Å². The van der Waals surface area contributed by atoms with Gasteiger partial charge in [-0.25, -0.2) is 0 Å². The Bertz CT molecular complexity index is 331. The van der Waals surface area contributed by atoms with Crippen LogP contribution < -0.4 is 0 Å². The van der Waals surface area contributed by atoms with Crippen LogP contribution in [0.3, 0.4) is 0 Å². The maximum Gasteiger partial charge on any atom is 0.240 e. The van der Waals surface area contributed by atoms with E-state index in [4.69, 9.17) is 0 Å². The predicted octanol–water partition coefficient (Wildman–Crippen LogP) is -1.15. The molecule has 0 radical (unpaired) electrons.